The number of alkyl carbamates (subject to hydrolysis) is 1. The van der Waals surface area contributed by atoms with Gasteiger partial charge in [0.25, 0.3) is 0 Å². The lowest BCUT2D eigenvalue weighted by atomic mass is 9.93. The maximum absolute atomic E-state index is 12.1. The maximum Gasteiger partial charge on any atom is 0.416 e. The summed E-state index contributed by atoms with van der Waals surface area (Å²) in [7, 11) is 0. The van der Waals surface area contributed by atoms with Crippen molar-refractivity contribution in [1.82, 2.24) is 5.32 Å². The summed E-state index contributed by atoms with van der Waals surface area (Å²) in [6.07, 6.45) is 0.646. The molecule has 7 heteroatoms. The summed E-state index contributed by atoms with van der Waals surface area (Å²) in [6.45, 7) is 5.61. The number of ether oxygens (including phenoxy) is 1. The lowest BCUT2D eigenvalue weighted by Crippen LogP contribution is -2.42. The average molecular weight is 363 g/mol. The molecule has 0 spiro atoms. The molecular formula is C17H24F3NO2S. The Labute approximate surface area is 145 Å². The highest BCUT2D eigenvalue weighted by Gasteiger charge is 2.30. The van der Waals surface area contributed by atoms with Crippen LogP contribution in [0.5, 0.6) is 0 Å². The smallest absolute Gasteiger partial charge is 0.416 e. The van der Waals surface area contributed by atoms with Crippen molar-refractivity contribution >= 4 is 17.9 Å². The first kappa shape index (κ1) is 20.7. The van der Waals surface area contributed by atoms with E-state index in [1.165, 1.54) is 24.2 Å². The highest BCUT2D eigenvalue weighted by atomic mass is 32.2. The molecule has 136 valence electrons. The van der Waals surface area contributed by atoms with Crippen LogP contribution in [0.1, 0.15) is 45.6 Å². The Balaban J connectivity index is 0.000000240. The van der Waals surface area contributed by atoms with Gasteiger partial charge in [-0.05, 0) is 64.5 Å². The van der Waals surface area contributed by atoms with Crippen LogP contribution in [0.15, 0.2) is 29.2 Å². The van der Waals surface area contributed by atoms with E-state index in [4.69, 9.17) is 4.74 Å². The molecule has 1 aliphatic carbocycles. The maximum atomic E-state index is 12.1. The van der Waals surface area contributed by atoms with Gasteiger partial charge in [-0.1, -0.05) is 6.07 Å². The van der Waals surface area contributed by atoms with E-state index in [1.807, 2.05) is 20.8 Å². The lowest BCUT2D eigenvalue weighted by Gasteiger charge is -2.28. The molecule has 0 heterocycles. The van der Waals surface area contributed by atoms with Crippen LogP contribution >= 0.6 is 11.8 Å². The number of hydrogen-bond donors (Lipinski definition) is 1. The van der Waals surface area contributed by atoms with Crippen LogP contribution in [-0.4, -0.2) is 24.0 Å². The molecule has 24 heavy (non-hydrogen) atoms. The van der Waals surface area contributed by atoms with E-state index in [0.29, 0.717) is 10.9 Å². The minimum absolute atomic E-state index is 0.285. The molecule has 1 saturated carbocycles. The van der Waals surface area contributed by atoms with Crippen molar-refractivity contribution in [3.05, 3.63) is 29.8 Å². The van der Waals surface area contributed by atoms with E-state index < -0.39 is 11.7 Å². The van der Waals surface area contributed by atoms with Crippen molar-refractivity contribution in [3.8, 4) is 0 Å². The molecule has 1 aromatic rings. The lowest BCUT2D eigenvalue weighted by molar-refractivity contribution is -0.137. The Bertz CT molecular complexity index is 537. The van der Waals surface area contributed by atoms with Gasteiger partial charge in [-0.15, -0.1) is 11.8 Å². The predicted octanol–water partition coefficient (Wildman–Crippen LogP) is 5.49. The van der Waals surface area contributed by atoms with E-state index in [0.717, 1.165) is 25.0 Å². The standard InChI is InChI=1S/C9H17NO2.C8H7F3S/c1-9(2,3)12-8(11)10-7-5-4-6-7;1-12-7-4-2-3-6(5-7)8(9,10)11/h7H,4-6H2,1-3H3,(H,10,11);2-5H,1H3. The molecule has 0 aromatic heterocycles. The van der Waals surface area contributed by atoms with Gasteiger partial charge in [-0.2, -0.15) is 13.2 Å². The summed E-state index contributed by atoms with van der Waals surface area (Å²) in [6, 6.07) is 5.64. The Morgan fingerprint density at radius 2 is 1.88 bits per heavy atom. The van der Waals surface area contributed by atoms with Gasteiger partial charge in [-0.3, -0.25) is 0 Å². The molecule has 0 atom stereocenters. The van der Waals surface area contributed by atoms with Crippen LogP contribution < -0.4 is 5.32 Å². The Kier molecular flexibility index (Phi) is 7.45. The van der Waals surface area contributed by atoms with Crippen molar-refractivity contribution in [1.29, 1.82) is 0 Å². The predicted molar refractivity (Wildman–Crippen MR) is 90.2 cm³/mol. The van der Waals surface area contributed by atoms with Crippen molar-refractivity contribution < 1.29 is 22.7 Å². The summed E-state index contributed by atoms with van der Waals surface area (Å²) < 4.78 is 41.4. The van der Waals surface area contributed by atoms with Gasteiger partial charge < -0.3 is 10.1 Å². The molecule has 0 unspecified atom stereocenters. The van der Waals surface area contributed by atoms with Crippen LogP contribution in [0.25, 0.3) is 0 Å². The SMILES string of the molecule is CC(C)(C)OC(=O)NC1CCC1.CSc1cccc(C(F)(F)F)c1. The monoisotopic (exact) mass is 363 g/mol. The van der Waals surface area contributed by atoms with Crippen molar-refractivity contribution in [3.63, 3.8) is 0 Å². The first-order valence-electron chi connectivity index (χ1n) is 7.72. The van der Waals surface area contributed by atoms with Crippen LogP contribution in [0.3, 0.4) is 0 Å². The number of thioether (sulfide) groups is 1. The van der Waals surface area contributed by atoms with Crippen molar-refractivity contribution in [2.24, 2.45) is 0 Å². The highest BCUT2D eigenvalue weighted by molar-refractivity contribution is 7.98. The number of halogens is 3. The summed E-state index contributed by atoms with van der Waals surface area (Å²) in [5.74, 6) is 0. The number of benzene rings is 1. The first-order chi connectivity index (χ1) is 11.0. The third-order valence-corrected chi connectivity index (χ3v) is 3.95. The molecular weight excluding hydrogens is 339 g/mol. The second kappa shape index (κ2) is 8.65. The van der Waals surface area contributed by atoms with E-state index in [-0.39, 0.29) is 11.7 Å². The minimum atomic E-state index is -4.23. The van der Waals surface area contributed by atoms with E-state index >= 15 is 0 Å². The van der Waals surface area contributed by atoms with Crippen molar-refractivity contribution in [2.45, 2.75) is 62.7 Å². The van der Waals surface area contributed by atoms with E-state index in [1.54, 1.807) is 12.3 Å². The second-order valence-corrected chi connectivity index (χ2v) is 7.38. The summed E-state index contributed by atoms with van der Waals surface area (Å²) in [5.41, 5.74) is -0.970. The number of amides is 1. The minimum Gasteiger partial charge on any atom is -0.444 e. The molecule has 0 bridgehead atoms. The highest BCUT2D eigenvalue weighted by Crippen LogP contribution is 2.31. The molecule has 3 nitrogen and oxygen atoms in total. The van der Waals surface area contributed by atoms with Gasteiger partial charge in [0.15, 0.2) is 0 Å². The topological polar surface area (TPSA) is 38.3 Å². The molecule has 1 aromatic carbocycles. The fraction of sp³-hybridized carbons (Fsp3) is 0.588. The Morgan fingerprint density at radius 3 is 2.29 bits per heavy atom. The fourth-order valence-electron chi connectivity index (χ4n) is 1.83. The van der Waals surface area contributed by atoms with Gasteiger partial charge in [0.05, 0.1) is 5.56 Å². The first-order valence-corrected chi connectivity index (χ1v) is 8.94. The summed E-state index contributed by atoms with van der Waals surface area (Å²) in [5, 5.41) is 2.81. The normalized spacial score (nSPS) is 15.0. The third kappa shape index (κ3) is 7.95. The Hall–Kier alpha value is -1.37. The molecule has 0 saturated heterocycles. The van der Waals surface area contributed by atoms with Gasteiger partial charge >= 0.3 is 12.3 Å². The van der Waals surface area contributed by atoms with Gasteiger partial charge in [0.2, 0.25) is 0 Å². The van der Waals surface area contributed by atoms with E-state index in [9.17, 15) is 18.0 Å². The third-order valence-electron chi connectivity index (χ3n) is 3.22. The van der Waals surface area contributed by atoms with Gasteiger partial charge in [0.1, 0.15) is 5.60 Å². The number of nitrogens with one attached hydrogen (secondary N) is 1. The van der Waals surface area contributed by atoms with Gasteiger partial charge in [-0.25, -0.2) is 4.79 Å². The summed E-state index contributed by atoms with van der Waals surface area (Å²) >= 11 is 1.30. The zero-order valence-corrected chi connectivity index (χ0v) is 15.2. The molecule has 1 fully saturated rings. The zero-order valence-electron chi connectivity index (χ0n) is 14.4. The quantitative estimate of drug-likeness (QED) is 0.706. The second-order valence-electron chi connectivity index (χ2n) is 6.50. The number of hydrogen-bond acceptors (Lipinski definition) is 3. The largest absolute Gasteiger partial charge is 0.444 e. The molecule has 2 rings (SSSR count). The molecule has 1 amide bonds. The van der Waals surface area contributed by atoms with Gasteiger partial charge in [0, 0.05) is 10.9 Å². The number of alkyl halides is 3. The average Bonchev–Trinajstić information content (AvgIpc) is 2.41. The molecule has 0 radical (unpaired) electrons. The summed E-state index contributed by atoms with van der Waals surface area (Å²) in [4.78, 5) is 11.8. The molecule has 1 aliphatic rings. The number of carbonyl (C=O) groups excluding carboxylic acids is 1. The van der Waals surface area contributed by atoms with Crippen LogP contribution in [0, 0.1) is 0 Å². The van der Waals surface area contributed by atoms with Crippen LogP contribution in [0.4, 0.5) is 18.0 Å². The Morgan fingerprint density at radius 1 is 1.25 bits per heavy atom. The zero-order chi connectivity index (χ0) is 18.4. The molecule has 1 N–H and O–H groups in total. The van der Waals surface area contributed by atoms with Crippen LogP contribution in [0.2, 0.25) is 0 Å². The fourth-order valence-corrected chi connectivity index (χ4v) is 2.29. The number of carbonyl (C=O) groups is 1. The van der Waals surface area contributed by atoms with Crippen LogP contribution in [-0.2, 0) is 10.9 Å². The van der Waals surface area contributed by atoms with E-state index in [2.05, 4.69) is 5.32 Å². The molecule has 0 aliphatic heterocycles. The number of rotatable bonds is 2. The van der Waals surface area contributed by atoms with Crippen molar-refractivity contribution in [2.75, 3.05) is 6.26 Å².